The van der Waals surface area contributed by atoms with Crippen LogP contribution in [0.2, 0.25) is 0 Å². The molecule has 0 aliphatic heterocycles. The summed E-state index contributed by atoms with van der Waals surface area (Å²) in [5.41, 5.74) is 4.44. The molecule has 8 heteroatoms. The van der Waals surface area contributed by atoms with E-state index >= 15 is 0 Å². The molecule has 1 aromatic carbocycles. The first kappa shape index (κ1) is 14.4. The lowest BCUT2D eigenvalue weighted by Crippen LogP contribution is -1.92. The number of thiazole rings is 1. The third-order valence-corrected chi connectivity index (χ3v) is 4.37. The second-order valence-electron chi connectivity index (χ2n) is 4.24. The highest BCUT2D eigenvalue weighted by atomic mass is 32.1. The molecular weight excluding hydrogens is 320 g/mol. The van der Waals surface area contributed by atoms with Gasteiger partial charge in [-0.15, -0.1) is 22.7 Å². The van der Waals surface area contributed by atoms with E-state index in [1.54, 1.807) is 23.5 Å². The van der Waals surface area contributed by atoms with Crippen molar-refractivity contribution in [2.75, 3.05) is 5.43 Å². The van der Waals surface area contributed by atoms with Crippen LogP contribution < -0.4 is 5.43 Å². The lowest BCUT2D eigenvalue weighted by molar-refractivity contribution is -0.384. The molecule has 0 aliphatic rings. The number of benzene rings is 1. The van der Waals surface area contributed by atoms with Crippen molar-refractivity contribution in [3.8, 4) is 10.6 Å². The number of hydrazone groups is 1. The standard InChI is InChI=1S/C14H10N4O2S2/c19-18(20)11-4-1-3-10(7-11)8-15-17-14-16-12(9-22-14)13-5-2-6-21-13/h1-9H,(H,16,17). The number of non-ortho nitro benzene ring substituents is 1. The van der Waals surface area contributed by atoms with Crippen LogP contribution in [0.5, 0.6) is 0 Å². The Kier molecular flexibility index (Phi) is 4.22. The molecule has 2 aromatic heterocycles. The van der Waals surface area contributed by atoms with Crippen molar-refractivity contribution < 1.29 is 4.92 Å². The SMILES string of the molecule is O=[N+]([O-])c1cccc(C=NNc2nc(-c3cccs3)cs2)c1. The highest BCUT2D eigenvalue weighted by Gasteiger charge is 2.05. The zero-order valence-corrected chi connectivity index (χ0v) is 12.8. The van der Waals surface area contributed by atoms with Crippen molar-refractivity contribution in [3.05, 3.63) is 62.8 Å². The third-order valence-electron chi connectivity index (χ3n) is 2.73. The van der Waals surface area contributed by atoms with Crippen LogP contribution in [-0.4, -0.2) is 16.1 Å². The zero-order valence-electron chi connectivity index (χ0n) is 11.2. The maximum Gasteiger partial charge on any atom is 0.270 e. The molecule has 0 saturated heterocycles. The van der Waals surface area contributed by atoms with E-state index in [2.05, 4.69) is 15.5 Å². The molecule has 0 fully saturated rings. The first-order valence-electron chi connectivity index (χ1n) is 6.25. The van der Waals surface area contributed by atoms with Gasteiger partial charge in [0.1, 0.15) is 0 Å². The molecule has 2 heterocycles. The van der Waals surface area contributed by atoms with Crippen molar-refractivity contribution >= 4 is 39.7 Å². The summed E-state index contributed by atoms with van der Waals surface area (Å²) >= 11 is 3.08. The molecule has 0 saturated carbocycles. The van der Waals surface area contributed by atoms with E-state index in [0.717, 1.165) is 10.6 Å². The van der Waals surface area contributed by atoms with E-state index in [-0.39, 0.29) is 5.69 Å². The van der Waals surface area contributed by atoms with Crippen LogP contribution in [0.25, 0.3) is 10.6 Å². The summed E-state index contributed by atoms with van der Waals surface area (Å²) in [5.74, 6) is 0. The number of hydrogen-bond donors (Lipinski definition) is 1. The summed E-state index contributed by atoms with van der Waals surface area (Å²) in [4.78, 5) is 15.8. The first-order chi connectivity index (χ1) is 10.7. The monoisotopic (exact) mass is 330 g/mol. The van der Waals surface area contributed by atoms with Gasteiger partial charge in [0, 0.05) is 23.1 Å². The van der Waals surface area contributed by atoms with Crippen molar-refractivity contribution in [1.82, 2.24) is 4.98 Å². The van der Waals surface area contributed by atoms with Crippen LogP contribution >= 0.6 is 22.7 Å². The largest absolute Gasteiger partial charge is 0.270 e. The van der Waals surface area contributed by atoms with Crippen LogP contribution in [0.1, 0.15) is 5.56 Å². The van der Waals surface area contributed by atoms with Gasteiger partial charge in [-0.3, -0.25) is 15.5 Å². The van der Waals surface area contributed by atoms with E-state index in [0.29, 0.717) is 10.7 Å². The highest BCUT2D eigenvalue weighted by molar-refractivity contribution is 7.15. The normalized spacial score (nSPS) is 10.9. The maximum absolute atomic E-state index is 10.7. The molecule has 1 N–H and O–H groups in total. The van der Waals surface area contributed by atoms with Gasteiger partial charge in [-0.05, 0) is 11.4 Å². The average molecular weight is 330 g/mol. The molecule has 0 atom stereocenters. The molecule has 6 nitrogen and oxygen atoms in total. The number of nitro benzene ring substituents is 1. The summed E-state index contributed by atoms with van der Waals surface area (Å²) in [6, 6.07) is 10.3. The number of nitrogens with one attached hydrogen (secondary N) is 1. The summed E-state index contributed by atoms with van der Waals surface area (Å²) < 4.78 is 0. The fourth-order valence-electron chi connectivity index (χ4n) is 1.74. The van der Waals surface area contributed by atoms with Crippen LogP contribution in [0.4, 0.5) is 10.8 Å². The smallest absolute Gasteiger partial charge is 0.258 e. The predicted octanol–water partition coefficient (Wildman–Crippen LogP) is 4.23. The topological polar surface area (TPSA) is 80.4 Å². The van der Waals surface area contributed by atoms with Gasteiger partial charge in [0.2, 0.25) is 5.13 Å². The van der Waals surface area contributed by atoms with Crippen molar-refractivity contribution in [2.24, 2.45) is 5.10 Å². The molecule has 0 radical (unpaired) electrons. The molecular formula is C14H10N4O2S2. The van der Waals surface area contributed by atoms with Gasteiger partial charge in [-0.25, -0.2) is 4.98 Å². The second kappa shape index (κ2) is 6.46. The summed E-state index contributed by atoms with van der Waals surface area (Å²) in [6.45, 7) is 0. The number of anilines is 1. The fourth-order valence-corrected chi connectivity index (χ4v) is 3.16. The number of nitro groups is 1. The molecule has 22 heavy (non-hydrogen) atoms. The Bertz CT molecular complexity index is 812. The molecule has 0 aliphatic carbocycles. The van der Waals surface area contributed by atoms with Gasteiger partial charge in [-0.1, -0.05) is 18.2 Å². The summed E-state index contributed by atoms with van der Waals surface area (Å²) in [7, 11) is 0. The van der Waals surface area contributed by atoms with E-state index in [1.165, 1.54) is 29.7 Å². The Balaban J connectivity index is 1.67. The Morgan fingerprint density at radius 3 is 2.95 bits per heavy atom. The molecule has 3 aromatic rings. The lowest BCUT2D eigenvalue weighted by Gasteiger charge is -1.95. The Labute approximate surface area is 133 Å². The van der Waals surface area contributed by atoms with Gasteiger partial charge in [0.15, 0.2) is 0 Å². The van der Waals surface area contributed by atoms with Crippen molar-refractivity contribution in [2.45, 2.75) is 0 Å². The number of nitrogens with zero attached hydrogens (tertiary/aromatic N) is 3. The predicted molar refractivity (Wildman–Crippen MR) is 89.7 cm³/mol. The van der Waals surface area contributed by atoms with Crippen molar-refractivity contribution in [3.63, 3.8) is 0 Å². The van der Waals surface area contributed by atoms with Crippen LogP contribution in [0.3, 0.4) is 0 Å². The summed E-state index contributed by atoms with van der Waals surface area (Å²) in [5, 5.41) is 19.4. The van der Waals surface area contributed by atoms with E-state index in [9.17, 15) is 10.1 Å². The molecule has 0 amide bonds. The van der Waals surface area contributed by atoms with E-state index in [1.807, 2.05) is 22.9 Å². The molecule has 0 spiro atoms. The van der Waals surface area contributed by atoms with Crippen molar-refractivity contribution in [1.29, 1.82) is 0 Å². The van der Waals surface area contributed by atoms with Gasteiger partial charge in [0.25, 0.3) is 5.69 Å². The molecule has 0 unspecified atom stereocenters. The third kappa shape index (κ3) is 3.35. The minimum atomic E-state index is -0.432. The lowest BCUT2D eigenvalue weighted by atomic mass is 10.2. The Morgan fingerprint density at radius 1 is 1.27 bits per heavy atom. The van der Waals surface area contributed by atoms with E-state index in [4.69, 9.17) is 0 Å². The highest BCUT2D eigenvalue weighted by Crippen LogP contribution is 2.28. The van der Waals surface area contributed by atoms with Crippen LogP contribution in [-0.2, 0) is 0 Å². The number of aromatic nitrogens is 1. The Morgan fingerprint density at radius 2 is 2.18 bits per heavy atom. The quantitative estimate of drug-likeness (QED) is 0.431. The van der Waals surface area contributed by atoms with Gasteiger partial charge in [-0.2, -0.15) is 5.10 Å². The van der Waals surface area contributed by atoms with Gasteiger partial charge in [0.05, 0.1) is 21.7 Å². The van der Waals surface area contributed by atoms with Gasteiger partial charge < -0.3 is 0 Å². The minimum absolute atomic E-state index is 0.0400. The Hall–Kier alpha value is -2.58. The van der Waals surface area contributed by atoms with Crippen LogP contribution in [0, 0.1) is 10.1 Å². The van der Waals surface area contributed by atoms with Gasteiger partial charge >= 0.3 is 0 Å². The average Bonchev–Trinajstić information content (AvgIpc) is 3.18. The second-order valence-corrected chi connectivity index (χ2v) is 6.04. The first-order valence-corrected chi connectivity index (χ1v) is 8.01. The van der Waals surface area contributed by atoms with Crippen LogP contribution in [0.15, 0.2) is 52.3 Å². The maximum atomic E-state index is 10.7. The molecule has 0 bridgehead atoms. The number of hydrogen-bond acceptors (Lipinski definition) is 7. The number of rotatable bonds is 5. The zero-order chi connectivity index (χ0) is 15.4. The molecule has 110 valence electrons. The minimum Gasteiger partial charge on any atom is -0.258 e. The number of thiophene rings is 1. The fraction of sp³-hybridized carbons (Fsp3) is 0. The summed E-state index contributed by atoms with van der Waals surface area (Å²) in [6.07, 6.45) is 1.53. The molecule has 3 rings (SSSR count). The van der Waals surface area contributed by atoms with E-state index < -0.39 is 4.92 Å².